The standard InChI is InChI=1S/C17H23N3OS/c1-14-2-3-17(22-14)16(20-8-10-21-11-9-20)13-19-12-15-4-6-18-7-5-15/h2-7,16,19H,8-13H2,1H3/t16-/m1/s1. The van der Waals surface area contributed by atoms with E-state index in [0.717, 1.165) is 39.4 Å². The van der Waals surface area contributed by atoms with Gasteiger partial charge in [0, 0.05) is 48.3 Å². The molecule has 22 heavy (non-hydrogen) atoms. The number of ether oxygens (including phenoxy) is 1. The number of nitrogens with zero attached hydrogens (tertiary/aromatic N) is 2. The maximum atomic E-state index is 5.50. The van der Waals surface area contributed by atoms with Gasteiger partial charge in [0.15, 0.2) is 0 Å². The van der Waals surface area contributed by atoms with Crippen LogP contribution in [0.25, 0.3) is 0 Å². The fraction of sp³-hybridized carbons (Fsp3) is 0.471. The summed E-state index contributed by atoms with van der Waals surface area (Å²) < 4.78 is 5.50. The maximum absolute atomic E-state index is 5.50. The Labute approximate surface area is 136 Å². The van der Waals surface area contributed by atoms with Crippen LogP contribution in [0.1, 0.15) is 21.4 Å². The normalized spacial score (nSPS) is 17.5. The predicted octanol–water partition coefficient (Wildman–Crippen LogP) is 2.61. The number of pyridine rings is 1. The van der Waals surface area contributed by atoms with Crippen LogP contribution in [0.4, 0.5) is 0 Å². The molecule has 1 saturated heterocycles. The van der Waals surface area contributed by atoms with Crippen molar-refractivity contribution in [2.45, 2.75) is 19.5 Å². The first kappa shape index (κ1) is 15.6. The molecule has 0 aliphatic carbocycles. The Morgan fingerprint density at radius 2 is 2.00 bits per heavy atom. The summed E-state index contributed by atoms with van der Waals surface area (Å²) in [6.45, 7) is 7.72. The lowest BCUT2D eigenvalue weighted by Gasteiger charge is -2.34. The van der Waals surface area contributed by atoms with E-state index in [1.165, 1.54) is 15.3 Å². The lowest BCUT2D eigenvalue weighted by Crippen LogP contribution is -2.42. The molecule has 1 atom stereocenters. The van der Waals surface area contributed by atoms with Crippen molar-refractivity contribution in [1.82, 2.24) is 15.2 Å². The molecule has 0 aromatic carbocycles. The van der Waals surface area contributed by atoms with Crippen LogP contribution in [0.15, 0.2) is 36.7 Å². The van der Waals surface area contributed by atoms with Crippen LogP contribution in [0.2, 0.25) is 0 Å². The molecule has 3 rings (SSSR count). The summed E-state index contributed by atoms with van der Waals surface area (Å²) in [5, 5.41) is 3.60. The number of thiophene rings is 1. The van der Waals surface area contributed by atoms with Gasteiger partial charge in [0.05, 0.1) is 19.3 Å². The van der Waals surface area contributed by atoms with Crippen molar-refractivity contribution in [2.75, 3.05) is 32.8 Å². The van der Waals surface area contributed by atoms with Crippen LogP contribution >= 0.6 is 11.3 Å². The van der Waals surface area contributed by atoms with Gasteiger partial charge >= 0.3 is 0 Å². The number of rotatable bonds is 6. The minimum Gasteiger partial charge on any atom is -0.379 e. The molecule has 0 unspecified atom stereocenters. The zero-order valence-corrected chi connectivity index (χ0v) is 13.8. The molecular formula is C17H23N3OS. The number of hydrogen-bond donors (Lipinski definition) is 1. The number of nitrogens with one attached hydrogen (secondary N) is 1. The molecule has 0 spiro atoms. The van der Waals surface area contributed by atoms with Crippen LogP contribution < -0.4 is 5.32 Å². The van der Waals surface area contributed by atoms with Crippen molar-refractivity contribution in [3.8, 4) is 0 Å². The molecule has 1 fully saturated rings. The van der Waals surface area contributed by atoms with Gasteiger partial charge < -0.3 is 10.1 Å². The molecule has 1 N–H and O–H groups in total. The van der Waals surface area contributed by atoms with E-state index in [2.05, 4.69) is 46.4 Å². The first-order valence-electron chi connectivity index (χ1n) is 7.80. The molecule has 0 saturated carbocycles. The summed E-state index contributed by atoms with van der Waals surface area (Å²) in [4.78, 5) is 9.42. The zero-order chi connectivity index (χ0) is 15.2. The summed E-state index contributed by atoms with van der Waals surface area (Å²) in [5.74, 6) is 0. The molecule has 0 bridgehead atoms. The number of morpholine rings is 1. The fourth-order valence-corrected chi connectivity index (χ4v) is 3.80. The minimum atomic E-state index is 0.435. The van der Waals surface area contributed by atoms with Crippen LogP contribution in [0.5, 0.6) is 0 Å². The SMILES string of the molecule is Cc1ccc([C@@H](CNCc2ccncc2)N2CCOCC2)s1. The van der Waals surface area contributed by atoms with E-state index in [4.69, 9.17) is 4.74 Å². The topological polar surface area (TPSA) is 37.4 Å². The van der Waals surface area contributed by atoms with Gasteiger partial charge in [-0.1, -0.05) is 0 Å². The number of aromatic nitrogens is 1. The highest BCUT2D eigenvalue weighted by Crippen LogP contribution is 2.27. The van der Waals surface area contributed by atoms with Crippen molar-refractivity contribution in [1.29, 1.82) is 0 Å². The van der Waals surface area contributed by atoms with Gasteiger partial charge in [0.1, 0.15) is 0 Å². The van der Waals surface area contributed by atoms with E-state index in [9.17, 15) is 0 Å². The van der Waals surface area contributed by atoms with Crippen molar-refractivity contribution in [3.63, 3.8) is 0 Å². The van der Waals surface area contributed by atoms with E-state index in [1.54, 1.807) is 0 Å². The van der Waals surface area contributed by atoms with E-state index in [0.29, 0.717) is 6.04 Å². The third-order valence-corrected chi connectivity index (χ3v) is 5.09. The van der Waals surface area contributed by atoms with Gasteiger partial charge in [-0.05, 0) is 36.8 Å². The zero-order valence-electron chi connectivity index (χ0n) is 13.0. The summed E-state index contributed by atoms with van der Waals surface area (Å²) in [6, 6.07) is 9.05. The third-order valence-electron chi connectivity index (χ3n) is 3.99. The van der Waals surface area contributed by atoms with Crippen LogP contribution in [0.3, 0.4) is 0 Å². The highest BCUT2D eigenvalue weighted by molar-refractivity contribution is 7.12. The van der Waals surface area contributed by atoms with Gasteiger partial charge in [-0.2, -0.15) is 0 Å². The van der Waals surface area contributed by atoms with Crippen LogP contribution in [-0.2, 0) is 11.3 Å². The molecule has 2 aromatic rings. The number of aryl methyl sites for hydroxylation is 1. The molecule has 0 radical (unpaired) electrons. The molecule has 1 aliphatic rings. The Hall–Kier alpha value is -1.27. The van der Waals surface area contributed by atoms with Crippen molar-refractivity contribution >= 4 is 11.3 Å². The van der Waals surface area contributed by atoms with Crippen molar-refractivity contribution in [2.24, 2.45) is 0 Å². The fourth-order valence-electron chi connectivity index (χ4n) is 2.79. The van der Waals surface area contributed by atoms with Gasteiger partial charge in [-0.25, -0.2) is 0 Å². The molecule has 118 valence electrons. The monoisotopic (exact) mass is 317 g/mol. The maximum Gasteiger partial charge on any atom is 0.0594 e. The molecular weight excluding hydrogens is 294 g/mol. The Morgan fingerprint density at radius 1 is 1.23 bits per heavy atom. The lowest BCUT2D eigenvalue weighted by molar-refractivity contribution is 0.0168. The van der Waals surface area contributed by atoms with Crippen molar-refractivity contribution < 1.29 is 4.74 Å². The van der Waals surface area contributed by atoms with E-state index >= 15 is 0 Å². The number of hydrogen-bond acceptors (Lipinski definition) is 5. The third kappa shape index (κ3) is 4.14. The second kappa shape index (κ2) is 7.83. The van der Waals surface area contributed by atoms with Gasteiger partial charge in [-0.3, -0.25) is 9.88 Å². The quantitative estimate of drug-likeness (QED) is 0.889. The summed E-state index contributed by atoms with van der Waals surface area (Å²) in [7, 11) is 0. The second-order valence-corrected chi connectivity index (χ2v) is 6.92. The Bertz CT molecular complexity index is 566. The molecule has 3 heterocycles. The first-order chi connectivity index (χ1) is 10.8. The van der Waals surface area contributed by atoms with E-state index in [1.807, 2.05) is 23.7 Å². The Balaban J connectivity index is 1.63. The lowest BCUT2D eigenvalue weighted by atomic mass is 10.1. The molecule has 5 heteroatoms. The minimum absolute atomic E-state index is 0.435. The average molecular weight is 317 g/mol. The first-order valence-corrected chi connectivity index (χ1v) is 8.62. The van der Waals surface area contributed by atoms with E-state index in [-0.39, 0.29) is 0 Å². The van der Waals surface area contributed by atoms with Gasteiger partial charge in [0.2, 0.25) is 0 Å². The van der Waals surface area contributed by atoms with Crippen molar-refractivity contribution in [3.05, 3.63) is 52.0 Å². The molecule has 2 aromatic heterocycles. The highest BCUT2D eigenvalue weighted by Gasteiger charge is 2.23. The Morgan fingerprint density at radius 3 is 2.68 bits per heavy atom. The van der Waals surface area contributed by atoms with E-state index < -0.39 is 0 Å². The average Bonchev–Trinajstić information content (AvgIpc) is 2.99. The molecule has 1 aliphatic heterocycles. The van der Waals surface area contributed by atoms with Gasteiger partial charge in [0.25, 0.3) is 0 Å². The summed E-state index contributed by atoms with van der Waals surface area (Å²) in [5.41, 5.74) is 1.28. The summed E-state index contributed by atoms with van der Waals surface area (Å²) in [6.07, 6.45) is 3.69. The smallest absolute Gasteiger partial charge is 0.0594 e. The predicted molar refractivity (Wildman–Crippen MR) is 90.1 cm³/mol. The molecule has 4 nitrogen and oxygen atoms in total. The Kier molecular flexibility index (Phi) is 5.56. The largest absolute Gasteiger partial charge is 0.379 e. The second-order valence-electron chi connectivity index (χ2n) is 5.60. The van der Waals surface area contributed by atoms with Crippen LogP contribution in [-0.4, -0.2) is 42.7 Å². The van der Waals surface area contributed by atoms with Crippen LogP contribution in [0, 0.1) is 6.92 Å². The highest BCUT2D eigenvalue weighted by atomic mass is 32.1. The molecule has 0 amide bonds. The summed E-state index contributed by atoms with van der Waals surface area (Å²) >= 11 is 1.90. The van der Waals surface area contributed by atoms with Gasteiger partial charge in [-0.15, -0.1) is 11.3 Å².